The van der Waals surface area contributed by atoms with Gasteiger partial charge >= 0.3 is 0 Å². The van der Waals surface area contributed by atoms with E-state index in [4.69, 9.17) is 0 Å². The van der Waals surface area contributed by atoms with Gasteiger partial charge in [0.25, 0.3) is 0 Å². The zero-order chi connectivity index (χ0) is 15.4. The summed E-state index contributed by atoms with van der Waals surface area (Å²) in [6, 6.07) is 10.5. The summed E-state index contributed by atoms with van der Waals surface area (Å²) in [4.78, 5) is 7.95. The summed E-state index contributed by atoms with van der Waals surface area (Å²) in [6.07, 6.45) is 3.90. The lowest BCUT2D eigenvalue weighted by atomic mass is 10.2. The molecule has 0 unspecified atom stereocenters. The van der Waals surface area contributed by atoms with Crippen molar-refractivity contribution < 1.29 is 0 Å². The first kappa shape index (κ1) is 14.9. The summed E-state index contributed by atoms with van der Waals surface area (Å²) in [5.41, 5.74) is 2.30. The van der Waals surface area contributed by atoms with E-state index >= 15 is 0 Å². The van der Waals surface area contributed by atoms with Crippen LogP contribution in [0.2, 0.25) is 0 Å². The largest absolute Gasteiger partial charge is 0.329 e. The van der Waals surface area contributed by atoms with E-state index in [9.17, 15) is 0 Å². The predicted octanol–water partition coefficient (Wildman–Crippen LogP) is 2.72. The van der Waals surface area contributed by atoms with Crippen LogP contribution in [0, 0.1) is 6.92 Å². The van der Waals surface area contributed by atoms with Crippen molar-refractivity contribution in [3.05, 3.63) is 64.7 Å². The Morgan fingerprint density at radius 2 is 2.00 bits per heavy atom. The molecule has 0 aliphatic carbocycles. The van der Waals surface area contributed by atoms with Crippen molar-refractivity contribution in [3.63, 3.8) is 0 Å². The van der Waals surface area contributed by atoms with Crippen LogP contribution < -0.4 is 0 Å². The molecule has 0 aliphatic rings. The maximum Gasteiger partial charge on any atom is 0.123 e. The maximum absolute atomic E-state index is 4.50. The number of rotatable bonds is 6. The van der Waals surface area contributed by atoms with Crippen LogP contribution >= 0.6 is 11.5 Å². The molecule has 0 bridgehead atoms. The first-order chi connectivity index (χ1) is 10.7. The van der Waals surface area contributed by atoms with E-state index in [0.717, 1.165) is 31.2 Å². The quantitative estimate of drug-likeness (QED) is 0.702. The number of imidazole rings is 1. The lowest BCUT2D eigenvalue weighted by Crippen LogP contribution is -2.20. The molecule has 5 nitrogen and oxygen atoms in total. The SMILES string of the molecule is Cc1nnsc1CN(C)Cc1nccn1Cc1ccccc1. The Kier molecular flexibility index (Phi) is 4.60. The van der Waals surface area contributed by atoms with E-state index in [1.54, 1.807) is 0 Å². The fraction of sp³-hybridized carbons (Fsp3) is 0.312. The van der Waals surface area contributed by atoms with Crippen LogP contribution in [0.1, 0.15) is 22.0 Å². The monoisotopic (exact) mass is 313 g/mol. The molecular formula is C16H19N5S. The van der Waals surface area contributed by atoms with Gasteiger partial charge in [-0.15, -0.1) is 5.10 Å². The summed E-state index contributed by atoms with van der Waals surface area (Å²) in [5, 5.41) is 4.06. The van der Waals surface area contributed by atoms with E-state index in [-0.39, 0.29) is 0 Å². The van der Waals surface area contributed by atoms with Crippen LogP contribution in [0.3, 0.4) is 0 Å². The predicted molar refractivity (Wildman–Crippen MR) is 87.6 cm³/mol. The Bertz CT molecular complexity index is 719. The third-order valence-corrected chi connectivity index (χ3v) is 4.38. The summed E-state index contributed by atoms with van der Waals surface area (Å²) in [7, 11) is 2.10. The number of hydrogen-bond donors (Lipinski definition) is 0. The van der Waals surface area contributed by atoms with Gasteiger partial charge in [0.2, 0.25) is 0 Å². The first-order valence-corrected chi connectivity index (χ1v) is 8.00. The highest BCUT2D eigenvalue weighted by atomic mass is 32.1. The van der Waals surface area contributed by atoms with E-state index < -0.39 is 0 Å². The van der Waals surface area contributed by atoms with Crippen molar-refractivity contribution in [1.29, 1.82) is 0 Å². The lowest BCUT2D eigenvalue weighted by molar-refractivity contribution is 0.308. The Labute approximate surface area is 134 Å². The topological polar surface area (TPSA) is 46.8 Å². The average molecular weight is 313 g/mol. The minimum Gasteiger partial charge on any atom is -0.329 e. The molecule has 2 heterocycles. The second-order valence-electron chi connectivity index (χ2n) is 5.41. The number of nitrogens with zero attached hydrogens (tertiary/aromatic N) is 5. The smallest absolute Gasteiger partial charge is 0.123 e. The molecule has 3 aromatic rings. The van der Waals surface area contributed by atoms with Crippen LogP contribution in [0.15, 0.2) is 42.7 Å². The minimum absolute atomic E-state index is 0.803. The highest BCUT2D eigenvalue weighted by Crippen LogP contribution is 2.14. The van der Waals surface area contributed by atoms with E-state index in [0.29, 0.717) is 0 Å². The molecule has 2 aromatic heterocycles. The highest BCUT2D eigenvalue weighted by molar-refractivity contribution is 7.05. The summed E-state index contributed by atoms with van der Waals surface area (Å²) in [6.45, 7) is 4.51. The van der Waals surface area contributed by atoms with Gasteiger partial charge in [0.1, 0.15) is 5.82 Å². The third-order valence-electron chi connectivity index (χ3n) is 3.57. The van der Waals surface area contributed by atoms with Crippen molar-refractivity contribution >= 4 is 11.5 Å². The molecule has 0 atom stereocenters. The molecule has 1 aromatic carbocycles. The lowest BCUT2D eigenvalue weighted by Gasteiger charge is -2.16. The fourth-order valence-corrected chi connectivity index (χ4v) is 3.07. The molecular weight excluding hydrogens is 294 g/mol. The van der Waals surface area contributed by atoms with Gasteiger partial charge in [-0.05, 0) is 31.1 Å². The molecule has 0 radical (unpaired) electrons. The normalized spacial score (nSPS) is 11.2. The third kappa shape index (κ3) is 3.58. The van der Waals surface area contributed by atoms with Gasteiger partial charge in [0.05, 0.1) is 17.1 Å². The summed E-state index contributed by atoms with van der Waals surface area (Å²) >= 11 is 1.47. The Hall–Kier alpha value is -2.05. The van der Waals surface area contributed by atoms with Crippen molar-refractivity contribution in [2.75, 3.05) is 7.05 Å². The van der Waals surface area contributed by atoms with Gasteiger partial charge in [-0.1, -0.05) is 34.8 Å². The van der Waals surface area contributed by atoms with Crippen molar-refractivity contribution in [2.45, 2.75) is 26.6 Å². The van der Waals surface area contributed by atoms with Crippen LogP contribution in [0.25, 0.3) is 0 Å². The number of aromatic nitrogens is 4. The van der Waals surface area contributed by atoms with Gasteiger partial charge in [-0.25, -0.2) is 4.98 Å². The standard InChI is InChI=1S/C16H19N5S/c1-13-15(22-19-18-13)11-20(2)12-16-17-8-9-21(16)10-14-6-4-3-5-7-14/h3-9H,10-12H2,1-2H3. The maximum atomic E-state index is 4.50. The molecule has 0 amide bonds. The second kappa shape index (κ2) is 6.81. The zero-order valence-electron chi connectivity index (χ0n) is 12.8. The first-order valence-electron chi connectivity index (χ1n) is 7.22. The molecule has 0 saturated carbocycles. The molecule has 0 fully saturated rings. The minimum atomic E-state index is 0.803. The van der Waals surface area contributed by atoms with E-state index in [1.165, 1.54) is 22.0 Å². The second-order valence-corrected chi connectivity index (χ2v) is 6.25. The molecule has 114 valence electrons. The number of hydrogen-bond acceptors (Lipinski definition) is 5. The molecule has 6 heteroatoms. The van der Waals surface area contributed by atoms with Gasteiger partial charge in [-0.2, -0.15) is 0 Å². The Morgan fingerprint density at radius 3 is 2.73 bits per heavy atom. The molecule has 0 N–H and O–H groups in total. The Balaban J connectivity index is 1.66. The summed E-state index contributed by atoms with van der Waals surface area (Å²) < 4.78 is 6.19. The molecule has 3 rings (SSSR count). The molecule has 0 saturated heterocycles. The van der Waals surface area contributed by atoms with Gasteiger partial charge in [-0.3, -0.25) is 4.90 Å². The zero-order valence-corrected chi connectivity index (χ0v) is 13.6. The van der Waals surface area contributed by atoms with Crippen LogP contribution in [0.5, 0.6) is 0 Å². The molecule has 0 spiro atoms. The van der Waals surface area contributed by atoms with E-state index in [2.05, 4.69) is 55.4 Å². The number of aryl methyl sites for hydroxylation is 1. The molecule has 0 aliphatic heterocycles. The highest BCUT2D eigenvalue weighted by Gasteiger charge is 2.10. The van der Waals surface area contributed by atoms with Crippen LogP contribution in [-0.2, 0) is 19.6 Å². The molecule has 22 heavy (non-hydrogen) atoms. The van der Waals surface area contributed by atoms with E-state index in [1.807, 2.05) is 25.4 Å². The van der Waals surface area contributed by atoms with Crippen molar-refractivity contribution in [3.8, 4) is 0 Å². The van der Waals surface area contributed by atoms with Crippen molar-refractivity contribution in [2.24, 2.45) is 0 Å². The van der Waals surface area contributed by atoms with Crippen LogP contribution in [0.4, 0.5) is 0 Å². The summed E-state index contributed by atoms with van der Waals surface area (Å²) in [5.74, 6) is 1.07. The van der Waals surface area contributed by atoms with Crippen LogP contribution in [-0.4, -0.2) is 31.1 Å². The Morgan fingerprint density at radius 1 is 1.18 bits per heavy atom. The fourth-order valence-electron chi connectivity index (χ4n) is 2.35. The van der Waals surface area contributed by atoms with Gasteiger partial charge in [0.15, 0.2) is 0 Å². The van der Waals surface area contributed by atoms with Gasteiger partial charge < -0.3 is 4.57 Å². The average Bonchev–Trinajstić information content (AvgIpc) is 3.10. The van der Waals surface area contributed by atoms with Gasteiger partial charge in [0, 0.05) is 25.5 Å². The number of benzene rings is 1. The van der Waals surface area contributed by atoms with Crippen molar-refractivity contribution in [1.82, 2.24) is 24.0 Å².